The summed E-state index contributed by atoms with van der Waals surface area (Å²) in [6.07, 6.45) is 0.719. The van der Waals surface area contributed by atoms with E-state index in [4.69, 9.17) is 27.9 Å². The number of methoxy groups -OCH3 is 1. The van der Waals surface area contributed by atoms with Gasteiger partial charge >= 0.3 is 6.01 Å². The van der Waals surface area contributed by atoms with Crippen LogP contribution in [0.5, 0.6) is 6.01 Å². The molecule has 0 aliphatic carbocycles. The maximum absolute atomic E-state index is 6.43. The van der Waals surface area contributed by atoms with Crippen molar-refractivity contribution in [1.82, 2.24) is 9.97 Å². The first-order chi connectivity index (χ1) is 15.5. The zero-order valence-corrected chi connectivity index (χ0v) is 19.4. The lowest BCUT2D eigenvalue weighted by atomic mass is 10.1. The van der Waals surface area contributed by atoms with E-state index in [-0.39, 0.29) is 0 Å². The van der Waals surface area contributed by atoms with Gasteiger partial charge in [-0.1, -0.05) is 71.7 Å². The van der Waals surface area contributed by atoms with E-state index in [9.17, 15) is 0 Å². The van der Waals surface area contributed by atoms with Gasteiger partial charge in [0.25, 0.3) is 0 Å². The maximum Gasteiger partial charge on any atom is 0.318 e. The van der Waals surface area contributed by atoms with Gasteiger partial charge in [-0.05, 0) is 48.7 Å². The molecule has 0 aliphatic rings. The van der Waals surface area contributed by atoms with Crippen LogP contribution >= 0.6 is 23.2 Å². The molecule has 0 radical (unpaired) electrons. The van der Waals surface area contributed by atoms with Crippen LogP contribution in [-0.4, -0.2) is 23.6 Å². The molecule has 0 atom stereocenters. The number of benzene rings is 3. The highest BCUT2D eigenvalue weighted by molar-refractivity contribution is 6.35. The van der Waals surface area contributed by atoms with E-state index >= 15 is 0 Å². The van der Waals surface area contributed by atoms with Gasteiger partial charge in [0.05, 0.1) is 12.8 Å². The lowest BCUT2D eigenvalue weighted by molar-refractivity contribution is 0.380. The Morgan fingerprint density at radius 2 is 1.62 bits per heavy atom. The number of ether oxygens (including phenoxy) is 1. The Bertz CT molecular complexity index is 1210. The summed E-state index contributed by atoms with van der Waals surface area (Å²) in [6, 6.07) is 26.2. The number of aryl methyl sites for hydroxylation is 1. The van der Waals surface area contributed by atoms with Crippen LogP contribution in [0.15, 0.2) is 78.9 Å². The third-order valence-electron chi connectivity index (χ3n) is 5.26. The minimum atomic E-state index is 0.325. The van der Waals surface area contributed by atoms with E-state index < -0.39 is 0 Å². The lowest BCUT2D eigenvalue weighted by Gasteiger charge is -2.25. The number of anilines is 2. The van der Waals surface area contributed by atoms with Crippen molar-refractivity contribution in [3.05, 3.63) is 100 Å². The highest BCUT2D eigenvalue weighted by Gasteiger charge is 2.16. The fourth-order valence-corrected chi connectivity index (χ4v) is 4.08. The van der Waals surface area contributed by atoms with Crippen molar-refractivity contribution >= 4 is 34.7 Å². The molecular weight excluding hydrogens is 441 g/mol. The molecule has 1 heterocycles. The Balaban J connectivity index is 1.75. The fraction of sp³-hybridized carbons (Fsp3) is 0.154. The molecule has 3 aromatic carbocycles. The zero-order valence-electron chi connectivity index (χ0n) is 17.9. The van der Waals surface area contributed by atoms with E-state index in [1.165, 1.54) is 0 Å². The summed E-state index contributed by atoms with van der Waals surface area (Å²) in [5.74, 6) is 0.756. The summed E-state index contributed by atoms with van der Waals surface area (Å²) in [5, 5.41) is 1.29. The Morgan fingerprint density at radius 1 is 0.875 bits per heavy atom. The Hall–Kier alpha value is -3.08. The Kier molecular flexibility index (Phi) is 6.93. The minimum Gasteiger partial charge on any atom is -0.467 e. The van der Waals surface area contributed by atoms with Crippen molar-refractivity contribution in [3.8, 4) is 17.3 Å². The second-order valence-corrected chi connectivity index (χ2v) is 8.23. The molecule has 4 aromatic rings. The van der Waals surface area contributed by atoms with Gasteiger partial charge in [0.2, 0.25) is 0 Å². The molecule has 0 N–H and O–H groups in total. The molecule has 4 rings (SSSR count). The molecule has 4 nitrogen and oxygen atoms in total. The number of rotatable bonds is 7. The zero-order chi connectivity index (χ0) is 22.5. The van der Waals surface area contributed by atoms with Crippen LogP contribution in [0.2, 0.25) is 10.0 Å². The minimum absolute atomic E-state index is 0.325. The van der Waals surface area contributed by atoms with Crippen LogP contribution in [0.3, 0.4) is 0 Å². The van der Waals surface area contributed by atoms with E-state index in [1.54, 1.807) is 13.2 Å². The summed E-state index contributed by atoms with van der Waals surface area (Å²) in [5.41, 5.74) is 5.04. The van der Waals surface area contributed by atoms with Crippen LogP contribution in [0, 0.1) is 6.92 Å². The maximum atomic E-state index is 6.43. The highest BCUT2D eigenvalue weighted by atomic mass is 35.5. The average molecular weight is 464 g/mol. The standard InChI is InChI=1S/C26H23Cl2N3O/c1-18-8-6-7-11-22(18)24-17-25(30-26(29-24)32-2)31(21-9-4-3-5-10-21)15-14-19-12-13-20(27)16-23(19)28/h3-13,16-17H,14-15H2,1-2H3. The molecule has 162 valence electrons. The predicted molar refractivity (Wildman–Crippen MR) is 132 cm³/mol. The van der Waals surface area contributed by atoms with E-state index in [0.29, 0.717) is 22.6 Å². The summed E-state index contributed by atoms with van der Waals surface area (Å²) in [6.45, 7) is 2.74. The quantitative estimate of drug-likeness (QED) is 0.291. The van der Waals surface area contributed by atoms with Gasteiger partial charge in [0, 0.05) is 33.9 Å². The third kappa shape index (κ3) is 5.04. The van der Waals surface area contributed by atoms with Gasteiger partial charge in [-0.2, -0.15) is 9.97 Å². The smallest absolute Gasteiger partial charge is 0.318 e. The molecule has 6 heteroatoms. The molecule has 32 heavy (non-hydrogen) atoms. The number of nitrogens with zero attached hydrogens (tertiary/aromatic N) is 3. The summed E-state index contributed by atoms with van der Waals surface area (Å²) in [4.78, 5) is 11.4. The predicted octanol–water partition coefficient (Wildman–Crippen LogP) is 7.15. The first-order valence-electron chi connectivity index (χ1n) is 10.3. The van der Waals surface area contributed by atoms with Gasteiger partial charge in [0.15, 0.2) is 0 Å². The molecule has 0 aliphatic heterocycles. The van der Waals surface area contributed by atoms with Crippen LogP contribution in [-0.2, 0) is 6.42 Å². The fourth-order valence-electron chi connectivity index (χ4n) is 3.58. The number of hydrogen-bond acceptors (Lipinski definition) is 4. The Morgan fingerprint density at radius 3 is 2.34 bits per heavy atom. The van der Waals surface area contributed by atoms with Crippen molar-refractivity contribution in [2.45, 2.75) is 13.3 Å². The van der Waals surface area contributed by atoms with Crippen LogP contribution in [0.1, 0.15) is 11.1 Å². The lowest BCUT2D eigenvalue weighted by Crippen LogP contribution is -2.22. The van der Waals surface area contributed by atoms with Gasteiger partial charge in [-0.15, -0.1) is 0 Å². The number of para-hydroxylation sites is 1. The summed E-state index contributed by atoms with van der Waals surface area (Å²) < 4.78 is 5.45. The Labute approximate surface area is 198 Å². The first-order valence-corrected chi connectivity index (χ1v) is 11.1. The molecule has 0 fully saturated rings. The number of hydrogen-bond donors (Lipinski definition) is 0. The number of halogens is 2. The van der Waals surface area contributed by atoms with Gasteiger partial charge in [-0.3, -0.25) is 0 Å². The molecule has 0 bridgehead atoms. The molecule has 0 spiro atoms. The second kappa shape index (κ2) is 10.0. The van der Waals surface area contributed by atoms with E-state index in [2.05, 4.69) is 46.1 Å². The molecule has 0 amide bonds. The van der Waals surface area contributed by atoms with Gasteiger partial charge in [-0.25, -0.2) is 0 Å². The highest BCUT2D eigenvalue weighted by Crippen LogP contribution is 2.31. The van der Waals surface area contributed by atoms with Crippen molar-refractivity contribution in [2.24, 2.45) is 0 Å². The first kappa shape index (κ1) is 22.1. The molecule has 0 saturated heterocycles. The van der Waals surface area contributed by atoms with Crippen molar-refractivity contribution in [3.63, 3.8) is 0 Å². The van der Waals surface area contributed by atoms with Crippen LogP contribution < -0.4 is 9.64 Å². The molecule has 0 unspecified atom stereocenters. The number of aromatic nitrogens is 2. The average Bonchev–Trinajstić information content (AvgIpc) is 2.81. The van der Waals surface area contributed by atoms with E-state index in [1.807, 2.05) is 48.5 Å². The van der Waals surface area contributed by atoms with Crippen LogP contribution in [0.25, 0.3) is 11.3 Å². The summed E-state index contributed by atoms with van der Waals surface area (Å²) >= 11 is 12.5. The van der Waals surface area contributed by atoms with Crippen molar-refractivity contribution in [2.75, 3.05) is 18.6 Å². The van der Waals surface area contributed by atoms with Crippen LogP contribution in [0.4, 0.5) is 11.5 Å². The topological polar surface area (TPSA) is 38.2 Å². The normalized spacial score (nSPS) is 10.8. The third-order valence-corrected chi connectivity index (χ3v) is 5.85. The SMILES string of the molecule is COc1nc(-c2ccccc2C)cc(N(CCc2ccc(Cl)cc2Cl)c2ccccc2)n1. The van der Waals surface area contributed by atoms with E-state index in [0.717, 1.165) is 40.3 Å². The van der Waals surface area contributed by atoms with Crippen molar-refractivity contribution < 1.29 is 4.74 Å². The molecule has 0 saturated carbocycles. The summed E-state index contributed by atoms with van der Waals surface area (Å²) in [7, 11) is 1.58. The monoisotopic (exact) mass is 463 g/mol. The van der Waals surface area contributed by atoms with Gasteiger partial charge < -0.3 is 9.64 Å². The molecule has 1 aromatic heterocycles. The largest absolute Gasteiger partial charge is 0.467 e. The molecular formula is C26H23Cl2N3O. The van der Waals surface area contributed by atoms with Gasteiger partial charge in [0.1, 0.15) is 5.82 Å². The van der Waals surface area contributed by atoms with Crippen molar-refractivity contribution in [1.29, 1.82) is 0 Å². The second-order valence-electron chi connectivity index (χ2n) is 7.39.